The summed E-state index contributed by atoms with van der Waals surface area (Å²) in [6, 6.07) is -1.03. The lowest BCUT2D eigenvalue weighted by Crippen LogP contribution is -2.46. The maximum absolute atomic E-state index is 12.5. The number of carbonyl (C=O) groups is 3. The number of hydrogen-bond donors (Lipinski definition) is 3. The van der Waals surface area contributed by atoms with Gasteiger partial charge in [-0.25, -0.2) is 9.78 Å². The van der Waals surface area contributed by atoms with Gasteiger partial charge in [-0.15, -0.1) is 11.3 Å². The van der Waals surface area contributed by atoms with Crippen LogP contribution in [0.1, 0.15) is 41.2 Å². The predicted molar refractivity (Wildman–Crippen MR) is 100 cm³/mol. The number of thiazole rings is 1. The molecule has 0 spiro atoms. The van der Waals surface area contributed by atoms with Gasteiger partial charge in [0.2, 0.25) is 5.91 Å². The largest absolute Gasteiger partial charge is 0.480 e. The molecule has 2 heterocycles. The number of carboxylic acids is 1. The molecule has 0 saturated carbocycles. The molecule has 27 heavy (non-hydrogen) atoms. The van der Waals surface area contributed by atoms with Gasteiger partial charge in [-0.1, -0.05) is 13.8 Å². The third-order valence-electron chi connectivity index (χ3n) is 4.01. The first-order chi connectivity index (χ1) is 12.6. The molecule has 0 aliphatic rings. The second-order valence-corrected chi connectivity index (χ2v) is 7.79. The number of hydrogen-bond acceptors (Lipinski definition) is 6. The number of amides is 2. The van der Waals surface area contributed by atoms with E-state index in [-0.39, 0.29) is 17.9 Å². The molecule has 0 aromatic carbocycles. The van der Waals surface area contributed by atoms with Crippen LogP contribution in [-0.4, -0.2) is 44.9 Å². The molecular formula is C17H22N4O5S. The van der Waals surface area contributed by atoms with Crippen molar-refractivity contribution in [1.82, 2.24) is 20.0 Å². The Morgan fingerprint density at radius 2 is 1.96 bits per heavy atom. The number of aryl methyl sites for hydroxylation is 2. The summed E-state index contributed by atoms with van der Waals surface area (Å²) in [5.74, 6) is -2.44. The lowest BCUT2D eigenvalue weighted by molar-refractivity contribution is -0.142. The lowest BCUT2D eigenvalue weighted by atomic mass is 10.0. The Balaban J connectivity index is 2.07. The third-order valence-corrected chi connectivity index (χ3v) is 5.08. The number of aromatic nitrogens is 2. The predicted octanol–water partition coefficient (Wildman–Crippen LogP) is 0.718. The van der Waals surface area contributed by atoms with E-state index in [2.05, 4.69) is 15.6 Å². The molecule has 0 bridgehead atoms. The van der Waals surface area contributed by atoms with Gasteiger partial charge < -0.3 is 15.7 Å². The van der Waals surface area contributed by atoms with Crippen molar-refractivity contribution >= 4 is 34.1 Å². The van der Waals surface area contributed by atoms with Gasteiger partial charge in [-0.3, -0.25) is 18.8 Å². The SMILES string of the molecule is Cc1sc2ncc(C(=O)NCC(=O)N[C@@H](CC(C)C)C(=O)O)c(=O)n2c1C. The van der Waals surface area contributed by atoms with Crippen molar-refractivity contribution in [2.75, 3.05) is 6.54 Å². The van der Waals surface area contributed by atoms with Gasteiger partial charge in [0, 0.05) is 16.8 Å². The summed E-state index contributed by atoms with van der Waals surface area (Å²) in [5.41, 5.74) is 0.0130. The van der Waals surface area contributed by atoms with Crippen LogP contribution in [0.5, 0.6) is 0 Å². The highest BCUT2D eigenvalue weighted by molar-refractivity contribution is 7.17. The fraction of sp³-hybridized carbons (Fsp3) is 0.471. The summed E-state index contributed by atoms with van der Waals surface area (Å²) >= 11 is 1.35. The molecule has 0 fully saturated rings. The molecule has 1 atom stereocenters. The molecule has 2 amide bonds. The van der Waals surface area contributed by atoms with Crippen LogP contribution in [0.4, 0.5) is 0 Å². The number of carboxylic acid groups (broad SMARTS) is 1. The number of nitrogens with zero attached hydrogens (tertiary/aromatic N) is 2. The monoisotopic (exact) mass is 394 g/mol. The third kappa shape index (κ3) is 4.70. The molecule has 2 aromatic rings. The van der Waals surface area contributed by atoms with Crippen molar-refractivity contribution in [2.24, 2.45) is 5.92 Å². The standard InChI is InChI=1S/C17H22N4O5S/c1-8(2)5-12(16(25)26)20-13(22)7-18-14(23)11-6-19-17-21(15(11)24)9(3)10(4)27-17/h6,8,12H,5,7H2,1-4H3,(H,18,23)(H,20,22)(H,25,26)/t12-/m0/s1. The van der Waals surface area contributed by atoms with Crippen molar-refractivity contribution in [3.05, 3.63) is 32.7 Å². The molecule has 0 aliphatic heterocycles. The van der Waals surface area contributed by atoms with Gasteiger partial charge in [-0.2, -0.15) is 0 Å². The molecule has 0 saturated heterocycles. The lowest BCUT2D eigenvalue weighted by Gasteiger charge is -2.16. The Morgan fingerprint density at radius 1 is 1.30 bits per heavy atom. The molecule has 10 heteroatoms. The van der Waals surface area contributed by atoms with Gasteiger partial charge >= 0.3 is 5.97 Å². The smallest absolute Gasteiger partial charge is 0.326 e. The van der Waals surface area contributed by atoms with E-state index in [0.29, 0.717) is 10.7 Å². The fourth-order valence-electron chi connectivity index (χ4n) is 2.53. The van der Waals surface area contributed by atoms with Crippen LogP contribution in [0.3, 0.4) is 0 Å². The zero-order valence-corrected chi connectivity index (χ0v) is 16.3. The summed E-state index contributed by atoms with van der Waals surface area (Å²) in [5, 5.41) is 13.8. The van der Waals surface area contributed by atoms with Gasteiger partial charge in [0.25, 0.3) is 11.5 Å². The minimum absolute atomic E-state index is 0.0798. The molecule has 3 N–H and O–H groups in total. The minimum atomic E-state index is -1.14. The number of rotatable bonds is 7. The molecular weight excluding hydrogens is 372 g/mol. The summed E-state index contributed by atoms with van der Waals surface area (Å²) in [6.07, 6.45) is 1.45. The Morgan fingerprint density at radius 3 is 2.56 bits per heavy atom. The maximum Gasteiger partial charge on any atom is 0.326 e. The highest BCUT2D eigenvalue weighted by Crippen LogP contribution is 2.18. The van der Waals surface area contributed by atoms with Gasteiger partial charge in [-0.05, 0) is 26.2 Å². The van der Waals surface area contributed by atoms with Crippen molar-refractivity contribution < 1.29 is 19.5 Å². The highest BCUT2D eigenvalue weighted by Gasteiger charge is 2.22. The fourth-order valence-corrected chi connectivity index (χ4v) is 3.46. The van der Waals surface area contributed by atoms with Crippen molar-refractivity contribution in [2.45, 2.75) is 40.2 Å². The summed E-state index contributed by atoms with van der Waals surface area (Å²) in [6.45, 7) is 6.86. The highest BCUT2D eigenvalue weighted by atomic mass is 32.1. The number of carbonyl (C=O) groups excluding carboxylic acids is 2. The van der Waals surface area contributed by atoms with E-state index in [4.69, 9.17) is 5.11 Å². The Bertz CT molecular complexity index is 947. The first-order valence-electron chi connectivity index (χ1n) is 8.40. The number of fused-ring (bicyclic) bond motifs is 1. The van der Waals surface area contributed by atoms with E-state index < -0.39 is 35.9 Å². The zero-order valence-electron chi connectivity index (χ0n) is 15.5. The van der Waals surface area contributed by atoms with Crippen LogP contribution < -0.4 is 16.2 Å². The van der Waals surface area contributed by atoms with Gasteiger partial charge in [0.15, 0.2) is 4.96 Å². The van der Waals surface area contributed by atoms with E-state index in [1.54, 1.807) is 6.92 Å². The minimum Gasteiger partial charge on any atom is -0.480 e. The van der Waals surface area contributed by atoms with Gasteiger partial charge in [0.1, 0.15) is 11.6 Å². The van der Waals surface area contributed by atoms with Crippen LogP contribution >= 0.6 is 11.3 Å². The zero-order chi connectivity index (χ0) is 20.3. The second kappa shape index (κ2) is 8.30. The van der Waals surface area contributed by atoms with E-state index in [9.17, 15) is 19.2 Å². The van der Waals surface area contributed by atoms with Gasteiger partial charge in [0.05, 0.1) is 6.54 Å². The van der Waals surface area contributed by atoms with Crippen LogP contribution in [-0.2, 0) is 9.59 Å². The maximum atomic E-state index is 12.5. The van der Waals surface area contributed by atoms with Crippen LogP contribution in [0, 0.1) is 19.8 Å². The normalized spacial score (nSPS) is 12.2. The van der Waals surface area contributed by atoms with E-state index in [1.807, 2.05) is 20.8 Å². The average molecular weight is 394 g/mol. The topological polar surface area (TPSA) is 130 Å². The summed E-state index contributed by atoms with van der Waals surface area (Å²) in [7, 11) is 0. The molecule has 0 aliphatic carbocycles. The van der Waals surface area contributed by atoms with Crippen LogP contribution in [0.25, 0.3) is 4.96 Å². The molecule has 146 valence electrons. The van der Waals surface area contributed by atoms with E-state index in [0.717, 1.165) is 4.88 Å². The average Bonchev–Trinajstić information content (AvgIpc) is 2.87. The second-order valence-electron chi connectivity index (χ2n) is 6.61. The number of aliphatic carboxylic acids is 1. The van der Waals surface area contributed by atoms with Crippen molar-refractivity contribution in [3.8, 4) is 0 Å². The van der Waals surface area contributed by atoms with Crippen LogP contribution in [0.2, 0.25) is 0 Å². The molecule has 2 rings (SSSR count). The molecule has 2 aromatic heterocycles. The Kier molecular flexibility index (Phi) is 6.32. The molecule has 0 radical (unpaired) electrons. The first kappa shape index (κ1) is 20.6. The molecule has 9 nitrogen and oxygen atoms in total. The van der Waals surface area contributed by atoms with Crippen molar-refractivity contribution in [3.63, 3.8) is 0 Å². The molecule has 0 unspecified atom stereocenters. The Hall–Kier alpha value is -2.75. The Labute approximate surface area is 159 Å². The summed E-state index contributed by atoms with van der Waals surface area (Å²) in [4.78, 5) is 53.4. The quantitative estimate of drug-likeness (QED) is 0.634. The van der Waals surface area contributed by atoms with Crippen molar-refractivity contribution in [1.29, 1.82) is 0 Å². The summed E-state index contributed by atoms with van der Waals surface area (Å²) < 4.78 is 1.36. The van der Waals surface area contributed by atoms with Crippen LogP contribution in [0.15, 0.2) is 11.0 Å². The van der Waals surface area contributed by atoms with E-state index >= 15 is 0 Å². The van der Waals surface area contributed by atoms with E-state index in [1.165, 1.54) is 21.9 Å². The number of nitrogens with one attached hydrogen (secondary N) is 2. The first-order valence-corrected chi connectivity index (χ1v) is 9.21.